The zero-order valence-corrected chi connectivity index (χ0v) is 8.56. The molecule has 3 nitrogen and oxygen atoms in total. The average Bonchev–Trinajstić information content (AvgIpc) is 2.13. The van der Waals surface area contributed by atoms with E-state index in [0.717, 1.165) is 0 Å². The standard InChI is InChI=1S/C9H7ClF3NO2/c10-8-4(12)1-3(11)7(9(8)13)5(14)2-6(15)16/h1,5H,2,14H2,(H,15,16). The van der Waals surface area contributed by atoms with Crippen LogP contribution in [0.4, 0.5) is 13.2 Å². The lowest BCUT2D eigenvalue weighted by Gasteiger charge is -2.12. The maximum Gasteiger partial charge on any atom is 0.305 e. The molecular weight excluding hydrogens is 247 g/mol. The first kappa shape index (κ1) is 12.8. The Morgan fingerprint density at radius 3 is 2.50 bits per heavy atom. The smallest absolute Gasteiger partial charge is 0.305 e. The summed E-state index contributed by atoms with van der Waals surface area (Å²) in [6.45, 7) is 0. The van der Waals surface area contributed by atoms with Gasteiger partial charge in [-0.1, -0.05) is 11.6 Å². The second kappa shape index (κ2) is 4.71. The Morgan fingerprint density at radius 1 is 1.44 bits per heavy atom. The Kier molecular flexibility index (Phi) is 3.77. The van der Waals surface area contributed by atoms with Crippen LogP contribution in [0.2, 0.25) is 5.02 Å². The Bertz CT molecular complexity index is 439. The molecule has 0 fully saturated rings. The van der Waals surface area contributed by atoms with Gasteiger partial charge in [0.1, 0.15) is 16.7 Å². The van der Waals surface area contributed by atoms with Crippen LogP contribution in [0.3, 0.4) is 0 Å². The van der Waals surface area contributed by atoms with E-state index < -0.39 is 46.5 Å². The minimum absolute atomic E-state index is 0.364. The summed E-state index contributed by atoms with van der Waals surface area (Å²) in [6, 6.07) is -1.06. The topological polar surface area (TPSA) is 63.3 Å². The van der Waals surface area contributed by atoms with E-state index >= 15 is 0 Å². The van der Waals surface area contributed by atoms with Crippen LogP contribution in [0.1, 0.15) is 18.0 Å². The van der Waals surface area contributed by atoms with Gasteiger partial charge in [0.15, 0.2) is 5.82 Å². The monoisotopic (exact) mass is 253 g/mol. The minimum Gasteiger partial charge on any atom is -0.481 e. The van der Waals surface area contributed by atoms with Crippen LogP contribution >= 0.6 is 11.6 Å². The molecule has 0 radical (unpaired) electrons. The van der Waals surface area contributed by atoms with Crippen molar-refractivity contribution in [2.24, 2.45) is 5.73 Å². The summed E-state index contributed by atoms with van der Waals surface area (Å²) in [4.78, 5) is 10.3. The minimum atomic E-state index is -1.42. The Hall–Kier alpha value is -1.27. The summed E-state index contributed by atoms with van der Waals surface area (Å²) in [6.07, 6.45) is -0.685. The number of hydrogen-bond acceptors (Lipinski definition) is 2. The zero-order valence-electron chi connectivity index (χ0n) is 7.81. The number of halogens is 4. The van der Waals surface area contributed by atoms with E-state index in [1.807, 2.05) is 0 Å². The van der Waals surface area contributed by atoms with Crippen molar-refractivity contribution in [3.8, 4) is 0 Å². The molecular formula is C9H7ClF3NO2. The summed E-state index contributed by atoms with van der Waals surface area (Å²) in [5.41, 5.74) is 4.55. The van der Waals surface area contributed by atoms with Gasteiger partial charge in [-0.3, -0.25) is 4.79 Å². The maximum atomic E-state index is 13.3. The fourth-order valence-electron chi connectivity index (χ4n) is 1.21. The Labute approximate surface area is 93.6 Å². The molecule has 1 aromatic rings. The number of carboxylic acid groups (broad SMARTS) is 1. The molecule has 1 aromatic carbocycles. The molecule has 1 rings (SSSR count). The number of nitrogens with two attached hydrogens (primary N) is 1. The Balaban J connectivity index is 3.23. The van der Waals surface area contributed by atoms with Crippen LogP contribution in [0.5, 0.6) is 0 Å². The predicted molar refractivity (Wildman–Crippen MR) is 50.5 cm³/mol. The van der Waals surface area contributed by atoms with E-state index in [2.05, 4.69) is 0 Å². The lowest BCUT2D eigenvalue weighted by atomic mass is 10.0. The average molecular weight is 254 g/mol. The summed E-state index contributed by atoms with van der Waals surface area (Å²) in [5, 5.41) is 7.51. The van der Waals surface area contributed by atoms with Crippen LogP contribution in [-0.4, -0.2) is 11.1 Å². The highest BCUT2D eigenvalue weighted by atomic mass is 35.5. The summed E-state index contributed by atoms with van der Waals surface area (Å²) in [7, 11) is 0. The van der Waals surface area contributed by atoms with Gasteiger partial charge in [0, 0.05) is 17.7 Å². The van der Waals surface area contributed by atoms with E-state index in [4.69, 9.17) is 22.4 Å². The number of hydrogen-bond donors (Lipinski definition) is 2. The second-order valence-corrected chi connectivity index (χ2v) is 3.46. The third kappa shape index (κ3) is 2.45. The first-order valence-electron chi connectivity index (χ1n) is 4.14. The molecule has 0 aliphatic carbocycles. The van der Waals surface area contributed by atoms with Crippen LogP contribution in [-0.2, 0) is 4.79 Å². The van der Waals surface area contributed by atoms with Crippen molar-refractivity contribution in [3.63, 3.8) is 0 Å². The van der Waals surface area contributed by atoms with Gasteiger partial charge in [0.25, 0.3) is 0 Å². The highest BCUT2D eigenvalue weighted by molar-refractivity contribution is 6.31. The van der Waals surface area contributed by atoms with E-state index in [0.29, 0.717) is 6.07 Å². The molecule has 16 heavy (non-hydrogen) atoms. The maximum absolute atomic E-state index is 13.3. The molecule has 0 aliphatic rings. The molecule has 1 atom stereocenters. The molecule has 0 saturated heterocycles. The van der Waals surface area contributed by atoms with Crippen molar-refractivity contribution >= 4 is 17.6 Å². The number of carbonyl (C=O) groups is 1. The van der Waals surface area contributed by atoms with Gasteiger partial charge in [-0.2, -0.15) is 0 Å². The van der Waals surface area contributed by atoms with E-state index in [9.17, 15) is 18.0 Å². The molecule has 0 spiro atoms. The molecule has 0 amide bonds. The zero-order chi connectivity index (χ0) is 12.5. The van der Waals surface area contributed by atoms with Gasteiger partial charge in [-0.25, -0.2) is 13.2 Å². The fourth-order valence-corrected chi connectivity index (χ4v) is 1.37. The SMILES string of the molecule is NC(CC(=O)O)c1c(F)cc(F)c(Cl)c1F. The second-order valence-electron chi connectivity index (χ2n) is 3.09. The summed E-state index contributed by atoms with van der Waals surface area (Å²) in [5.74, 6) is -5.21. The van der Waals surface area contributed by atoms with E-state index in [1.54, 1.807) is 0 Å². The fraction of sp³-hybridized carbons (Fsp3) is 0.222. The normalized spacial score (nSPS) is 12.6. The quantitative estimate of drug-likeness (QED) is 0.641. The molecule has 0 heterocycles. The van der Waals surface area contributed by atoms with Gasteiger partial charge in [0.2, 0.25) is 0 Å². The summed E-state index contributed by atoms with van der Waals surface area (Å²) >= 11 is 5.22. The largest absolute Gasteiger partial charge is 0.481 e. The van der Waals surface area contributed by atoms with Crippen molar-refractivity contribution in [1.82, 2.24) is 0 Å². The number of aliphatic carboxylic acids is 1. The van der Waals surface area contributed by atoms with E-state index in [1.165, 1.54) is 0 Å². The first-order valence-corrected chi connectivity index (χ1v) is 4.52. The molecule has 7 heteroatoms. The highest BCUT2D eigenvalue weighted by Gasteiger charge is 2.23. The van der Waals surface area contributed by atoms with E-state index in [-0.39, 0.29) is 0 Å². The van der Waals surface area contributed by atoms with Crippen LogP contribution in [0.15, 0.2) is 6.07 Å². The van der Waals surface area contributed by atoms with Crippen molar-refractivity contribution < 1.29 is 23.1 Å². The number of carboxylic acids is 1. The van der Waals surface area contributed by atoms with Gasteiger partial charge in [-0.15, -0.1) is 0 Å². The number of rotatable bonds is 3. The molecule has 0 aromatic heterocycles. The van der Waals surface area contributed by atoms with Crippen molar-refractivity contribution in [2.45, 2.75) is 12.5 Å². The third-order valence-electron chi connectivity index (χ3n) is 1.91. The first-order chi connectivity index (χ1) is 7.34. The molecule has 1 unspecified atom stereocenters. The van der Waals surface area contributed by atoms with Crippen LogP contribution in [0.25, 0.3) is 0 Å². The van der Waals surface area contributed by atoms with Gasteiger partial charge in [-0.05, 0) is 0 Å². The van der Waals surface area contributed by atoms with Crippen molar-refractivity contribution in [2.75, 3.05) is 0 Å². The molecule has 88 valence electrons. The molecule has 0 bridgehead atoms. The van der Waals surface area contributed by atoms with Crippen LogP contribution in [0, 0.1) is 17.5 Å². The Morgan fingerprint density at radius 2 is 2.00 bits per heavy atom. The molecule has 0 saturated carbocycles. The lowest BCUT2D eigenvalue weighted by Crippen LogP contribution is -2.18. The number of benzene rings is 1. The molecule has 0 aliphatic heterocycles. The summed E-state index contributed by atoms with van der Waals surface area (Å²) < 4.78 is 39.3. The van der Waals surface area contributed by atoms with Crippen molar-refractivity contribution in [1.29, 1.82) is 0 Å². The predicted octanol–water partition coefficient (Wildman–Crippen LogP) is 2.23. The third-order valence-corrected chi connectivity index (χ3v) is 2.26. The van der Waals surface area contributed by atoms with Gasteiger partial charge in [0.05, 0.1) is 6.42 Å². The van der Waals surface area contributed by atoms with Gasteiger partial charge >= 0.3 is 5.97 Å². The lowest BCUT2D eigenvalue weighted by molar-refractivity contribution is -0.137. The van der Waals surface area contributed by atoms with Crippen LogP contribution < -0.4 is 5.73 Å². The highest BCUT2D eigenvalue weighted by Crippen LogP contribution is 2.29. The van der Waals surface area contributed by atoms with Crippen molar-refractivity contribution in [3.05, 3.63) is 34.1 Å². The molecule has 3 N–H and O–H groups in total. The van der Waals surface area contributed by atoms with Gasteiger partial charge < -0.3 is 10.8 Å².